The van der Waals surface area contributed by atoms with Crippen LogP contribution in [-0.4, -0.2) is 23.9 Å². The van der Waals surface area contributed by atoms with Gasteiger partial charge in [-0.15, -0.1) is 0 Å². The Balaban J connectivity index is 2.80. The van der Waals surface area contributed by atoms with Crippen molar-refractivity contribution in [2.75, 3.05) is 11.9 Å². The molecule has 0 aliphatic rings. The number of amides is 1. The highest BCUT2D eigenvalue weighted by Gasteiger charge is 2.06. The summed E-state index contributed by atoms with van der Waals surface area (Å²) in [6.07, 6.45) is -0.199. The first-order valence-corrected chi connectivity index (χ1v) is 6.20. The van der Waals surface area contributed by atoms with Gasteiger partial charge in [-0.2, -0.15) is 0 Å². The fourth-order valence-electron chi connectivity index (χ4n) is 1.51. The lowest BCUT2D eigenvalue weighted by atomic mass is 10.1. The summed E-state index contributed by atoms with van der Waals surface area (Å²) >= 11 is 0. The second kappa shape index (κ2) is 7.45. The van der Waals surface area contributed by atoms with Crippen molar-refractivity contribution in [1.82, 2.24) is 0 Å². The zero-order chi connectivity index (χ0) is 14.3. The van der Waals surface area contributed by atoms with Crippen LogP contribution in [0.3, 0.4) is 0 Å². The van der Waals surface area contributed by atoms with Crippen molar-refractivity contribution in [3.05, 3.63) is 29.3 Å². The number of carbonyl (C=O) groups is 1. The standard InChI is InChI=1S/C15H19NO3/c1-11(2)19-15(18)16-14-9-12(3)8-13(10-14)6-4-5-7-17/h8-11,17H,5,7H2,1-3H3,(H,16,18). The van der Waals surface area contributed by atoms with Gasteiger partial charge in [-0.3, -0.25) is 5.32 Å². The number of anilines is 1. The Morgan fingerprint density at radius 1 is 1.42 bits per heavy atom. The Bertz CT molecular complexity index is 498. The highest BCUT2D eigenvalue weighted by Crippen LogP contribution is 2.14. The molecule has 1 amide bonds. The van der Waals surface area contributed by atoms with Crippen LogP contribution in [0.4, 0.5) is 10.5 Å². The minimum Gasteiger partial charge on any atom is -0.447 e. The molecule has 4 nitrogen and oxygen atoms in total. The summed E-state index contributed by atoms with van der Waals surface area (Å²) in [4.78, 5) is 11.5. The zero-order valence-corrected chi connectivity index (χ0v) is 11.5. The summed E-state index contributed by atoms with van der Waals surface area (Å²) in [5.41, 5.74) is 2.45. The van der Waals surface area contributed by atoms with Crippen LogP contribution in [0.1, 0.15) is 31.4 Å². The van der Waals surface area contributed by atoms with Crippen molar-refractivity contribution in [3.63, 3.8) is 0 Å². The van der Waals surface area contributed by atoms with Crippen LogP contribution in [0.25, 0.3) is 0 Å². The lowest BCUT2D eigenvalue weighted by Crippen LogP contribution is -2.18. The second-order valence-corrected chi connectivity index (χ2v) is 4.44. The number of aryl methyl sites for hydroxylation is 1. The molecule has 0 spiro atoms. The Labute approximate surface area is 113 Å². The SMILES string of the molecule is Cc1cc(C#CCCO)cc(NC(=O)OC(C)C)c1. The van der Waals surface area contributed by atoms with Crippen molar-refractivity contribution < 1.29 is 14.6 Å². The van der Waals surface area contributed by atoms with Crippen molar-refractivity contribution in [1.29, 1.82) is 0 Å². The van der Waals surface area contributed by atoms with Crippen LogP contribution in [0, 0.1) is 18.8 Å². The summed E-state index contributed by atoms with van der Waals surface area (Å²) in [5, 5.41) is 11.3. The number of nitrogens with one attached hydrogen (secondary N) is 1. The average molecular weight is 261 g/mol. The molecule has 0 aromatic heterocycles. The van der Waals surface area contributed by atoms with E-state index in [1.807, 2.05) is 19.1 Å². The van der Waals surface area contributed by atoms with Gasteiger partial charge in [0.05, 0.1) is 12.7 Å². The summed E-state index contributed by atoms with van der Waals surface area (Å²) in [5.74, 6) is 5.79. The zero-order valence-electron chi connectivity index (χ0n) is 11.5. The Morgan fingerprint density at radius 2 is 2.16 bits per heavy atom. The van der Waals surface area contributed by atoms with Gasteiger partial charge < -0.3 is 9.84 Å². The van der Waals surface area contributed by atoms with Gasteiger partial charge in [0.2, 0.25) is 0 Å². The summed E-state index contributed by atoms with van der Waals surface area (Å²) in [7, 11) is 0. The molecular weight excluding hydrogens is 242 g/mol. The van der Waals surface area contributed by atoms with E-state index in [9.17, 15) is 4.79 Å². The van der Waals surface area contributed by atoms with Crippen molar-refractivity contribution in [2.45, 2.75) is 33.3 Å². The van der Waals surface area contributed by atoms with Gasteiger partial charge in [-0.25, -0.2) is 4.79 Å². The van der Waals surface area contributed by atoms with Gasteiger partial charge in [-0.1, -0.05) is 11.8 Å². The molecule has 0 fully saturated rings. The third kappa shape index (κ3) is 5.94. The van der Waals surface area contributed by atoms with Crippen LogP contribution in [0.5, 0.6) is 0 Å². The molecule has 0 unspecified atom stereocenters. The molecule has 0 saturated carbocycles. The third-order valence-corrected chi connectivity index (χ3v) is 2.14. The van der Waals surface area contributed by atoms with Gasteiger partial charge in [0.1, 0.15) is 0 Å². The molecule has 0 bridgehead atoms. The van der Waals surface area contributed by atoms with Crippen LogP contribution in [-0.2, 0) is 4.74 Å². The molecule has 0 aliphatic heterocycles. The smallest absolute Gasteiger partial charge is 0.411 e. The third-order valence-electron chi connectivity index (χ3n) is 2.14. The molecule has 0 atom stereocenters. The average Bonchev–Trinajstić information content (AvgIpc) is 2.27. The number of hydrogen-bond acceptors (Lipinski definition) is 3. The number of rotatable bonds is 3. The minimum atomic E-state index is -0.477. The van der Waals surface area contributed by atoms with E-state index < -0.39 is 6.09 Å². The minimum absolute atomic E-state index is 0.0463. The largest absolute Gasteiger partial charge is 0.447 e. The Hall–Kier alpha value is -1.99. The molecule has 0 saturated heterocycles. The van der Waals surface area contributed by atoms with E-state index >= 15 is 0 Å². The fourth-order valence-corrected chi connectivity index (χ4v) is 1.51. The fraction of sp³-hybridized carbons (Fsp3) is 0.400. The van der Waals surface area contributed by atoms with E-state index in [1.165, 1.54) is 0 Å². The first kappa shape index (κ1) is 15.1. The molecule has 2 N–H and O–H groups in total. The quantitative estimate of drug-likeness (QED) is 0.822. The molecule has 1 aromatic rings. The number of ether oxygens (including phenoxy) is 1. The molecular formula is C15H19NO3. The summed E-state index contributed by atoms with van der Waals surface area (Å²) in [6, 6.07) is 5.54. The number of aliphatic hydroxyl groups is 1. The van der Waals surface area contributed by atoms with E-state index in [-0.39, 0.29) is 12.7 Å². The maximum atomic E-state index is 11.5. The first-order chi connectivity index (χ1) is 9.01. The molecule has 0 aliphatic carbocycles. The van der Waals surface area contributed by atoms with Gasteiger partial charge in [0.15, 0.2) is 0 Å². The Morgan fingerprint density at radius 3 is 2.79 bits per heavy atom. The monoisotopic (exact) mass is 261 g/mol. The van der Waals surface area contributed by atoms with Crippen LogP contribution < -0.4 is 5.32 Å². The van der Waals surface area contributed by atoms with Gasteiger partial charge in [-0.05, 0) is 44.5 Å². The van der Waals surface area contributed by atoms with Crippen molar-refractivity contribution in [2.24, 2.45) is 0 Å². The predicted molar refractivity (Wildman–Crippen MR) is 75.0 cm³/mol. The van der Waals surface area contributed by atoms with Crippen LogP contribution in [0.15, 0.2) is 18.2 Å². The van der Waals surface area contributed by atoms with E-state index in [4.69, 9.17) is 9.84 Å². The Kier molecular flexibility index (Phi) is 5.91. The first-order valence-electron chi connectivity index (χ1n) is 6.20. The predicted octanol–water partition coefficient (Wildman–Crippen LogP) is 2.69. The highest BCUT2D eigenvalue weighted by atomic mass is 16.6. The number of aliphatic hydroxyl groups excluding tert-OH is 1. The molecule has 1 aromatic carbocycles. The summed E-state index contributed by atoms with van der Waals surface area (Å²) < 4.78 is 5.01. The van der Waals surface area contributed by atoms with Crippen molar-refractivity contribution >= 4 is 11.8 Å². The number of benzene rings is 1. The second-order valence-electron chi connectivity index (χ2n) is 4.44. The maximum absolute atomic E-state index is 11.5. The molecule has 0 radical (unpaired) electrons. The molecule has 4 heteroatoms. The topological polar surface area (TPSA) is 58.6 Å². The molecule has 102 valence electrons. The highest BCUT2D eigenvalue weighted by molar-refractivity contribution is 5.85. The normalized spacial score (nSPS) is 9.74. The van der Waals surface area contributed by atoms with Crippen molar-refractivity contribution in [3.8, 4) is 11.8 Å². The van der Waals surface area contributed by atoms with Crippen LogP contribution >= 0.6 is 0 Å². The van der Waals surface area contributed by atoms with E-state index in [1.54, 1.807) is 19.9 Å². The van der Waals surface area contributed by atoms with Gasteiger partial charge >= 0.3 is 6.09 Å². The summed E-state index contributed by atoms with van der Waals surface area (Å²) in [6.45, 7) is 5.56. The number of carbonyl (C=O) groups excluding carboxylic acids is 1. The number of hydrogen-bond donors (Lipinski definition) is 2. The molecule has 1 rings (SSSR count). The molecule has 19 heavy (non-hydrogen) atoms. The van der Waals surface area contributed by atoms with Gasteiger partial charge in [0, 0.05) is 17.7 Å². The van der Waals surface area contributed by atoms with Gasteiger partial charge in [0.25, 0.3) is 0 Å². The van der Waals surface area contributed by atoms with E-state index in [0.717, 1.165) is 11.1 Å². The lowest BCUT2D eigenvalue weighted by Gasteiger charge is -2.10. The molecule has 0 heterocycles. The van der Waals surface area contributed by atoms with E-state index in [2.05, 4.69) is 17.2 Å². The maximum Gasteiger partial charge on any atom is 0.411 e. The lowest BCUT2D eigenvalue weighted by molar-refractivity contribution is 0.130. The van der Waals surface area contributed by atoms with E-state index in [0.29, 0.717) is 12.1 Å². The van der Waals surface area contributed by atoms with Crippen LogP contribution in [0.2, 0.25) is 0 Å².